The predicted molar refractivity (Wildman–Crippen MR) is 69.6 cm³/mol. The van der Waals surface area contributed by atoms with Crippen molar-refractivity contribution in [3.8, 4) is 11.5 Å². The van der Waals surface area contributed by atoms with Crippen molar-refractivity contribution in [3.05, 3.63) is 23.8 Å². The Morgan fingerprint density at radius 2 is 2.11 bits per heavy atom. The third-order valence-corrected chi connectivity index (χ3v) is 2.76. The van der Waals surface area contributed by atoms with Gasteiger partial charge in [0, 0.05) is 18.2 Å². The number of hydrogen-bond acceptors (Lipinski definition) is 4. The average molecular weight is 252 g/mol. The quantitative estimate of drug-likeness (QED) is 0.575. The monoisotopic (exact) mass is 252 g/mol. The number of phenolic OH excluding ortho intramolecular Hbond substituents is 2. The van der Waals surface area contributed by atoms with Crippen LogP contribution < -0.4 is 11.1 Å². The van der Waals surface area contributed by atoms with Gasteiger partial charge in [-0.2, -0.15) is 0 Å². The molecule has 0 fully saturated rings. The largest absolute Gasteiger partial charge is 0.504 e. The fraction of sp³-hybridized carbons (Fsp3) is 0.462. The van der Waals surface area contributed by atoms with E-state index in [1.807, 2.05) is 0 Å². The van der Waals surface area contributed by atoms with Crippen LogP contribution in [-0.4, -0.2) is 28.7 Å². The summed E-state index contributed by atoms with van der Waals surface area (Å²) >= 11 is 0. The number of aromatic hydroxyl groups is 2. The average Bonchev–Trinajstić information content (AvgIpc) is 2.37. The van der Waals surface area contributed by atoms with Crippen LogP contribution in [0.25, 0.3) is 0 Å². The molecule has 0 aliphatic rings. The van der Waals surface area contributed by atoms with Crippen LogP contribution >= 0.6 is 0 Å². The molecule has 0 heterocycles. The van der Waals surface area contributed by atoms with Crippen LogP contribution in [0.4, 0.5) is 0 Å². The molecule has 100 valence electrons. The number of carbonyl (C=O) groups is 1. The highest BCUT2D eigenvalue weighted by Crippen LogP contribution is 2.24. The summed E-state index contributed by atoms with van der Waals surface area (Å²) in [4.78, 5) is 11.9. The number of benzene rings is 1. The second-order valence-corrected chi connectivity index (χ2v) is 4.25. The van der Waals surface area contributed by atoms with E-state index >= 15 is 0 Å². The van der Waals surface area contributed by atoms with Crippen LogP contribution in [-0.2, 0) is 0 Å². The van der Waals surface area contributed by atoms with E-state index in [0.717, 1.165) is 19.3 Å². The van der Waals surface area contributed by atoms with E-state index in [0.29, 0.717) is 12.1 Å². The Kier molecular flexibility index (Phi) is 5.45. The van der Waals surface area contributed by atoms with E-state index in [-0.39, 0.29) is 23.4 Å². The van der Waals surface area contributed by atoms with Gasteiger partial charge in [-0.1, -0.05) is 19.8 Å². The molecule has 0 spiro atoms. The van der Waals surface area contributed by atoms with Gasteiger partial charge in [-0.05, 0) is 24.6 Å². The van der Waals surface area contributed by atoms with Gasteiger partial charge in [0.1, 0.15) is 0 Å². The van der Waals surface area contributed by atoms with Gasteiger partial charge in [0.05, 0.1) is 0 Å². The summed E-state index contributed by atoms with van der Waals surface area (Å²) in [6, 6.07) is 3.91. The molecule has 5 heteroatoms. The molecule has 0 aliphatic carbocycles. The number of amides is 1. The van der Waals surface area contributed by atoms with Gasteiger partial charge in [0.25, 0.3) is 5.91 Å². The van der Waals surface area contributed by atoms with Gasteiger partial charge in [0.15, 0.2) is 11.5 Å². The first-order valence-corrected chi connectivity index (χ1v) is 6.11. The molecule has 0 saturated carbocycles. The number of carbonyl (C=O) groups excluding carboxylic acids is 1. The molecule has 1 rings (SSSR count). The molecule has 0 radical (unpaired) electrons. The maximum atomic E-state index is 11.9. The zero-order valence-electron chi connectivity index (χ0n) is 10.5. The number of nitrogens with two attached hydrogens (primary N) is 1. The van der Waals surface area contributed by atoms with Gasteiger partial charge in [0.2, 0.25) is 0 Å². The number of unbranched alkanes of at least 4 members (excludes halogenated alkanes) is 1. The van der Waals surface area contributed by atoms with Crippen molar-refractivity contribution in [2.24, 2.45) is 5.73 Å². The molecule has 18 heavy (non-hydrogen) atoms. The van der Waals surface area contributed by atoms with Crippen LogP contribution in [0, 0.1) is 0 Å². The molecule has 5 nitrogen and oxygen atoms in total. The highest BCUT2D eigenvalue weighted by molar-refractivity contribution is 5.95. The molecule has 1 aromatic carbocycles. The van der Waals surface area contributed by atoms with Crippen molar-refractivity contribution < 1.29 is 15.0 Å². The third-order valence-electron chi connectivity index (χ3n) is 2.76. The van der Waals surface area contributed by atoms with Crippen molar-refractivity contribution in [2.75, 3.05) is 6.54 Å². The van der Waals surface area contributed by atoms with Crippen molar-refractivity contribution >= 4 is 5.91 Å². The van der Waals surface area contributed by atoms with Crippen LogP contribution in [0.15, 0.2) is 18.2 Å². The van der Waals surface area contributed by atoms with Crippen molar-refractivity contribution in [2.45, 2.75) is 32.2 Å². The van der Waals surface area contributed by atoms with Crippen molar-refractivity contribution in [1.29, 1.82) is 0 Å². The Labute approximate surface area is 107 Å². The molecule has 0 aromatic heterocycles. The van der Waals surface area contributed by atoms with E-state index in [1.165, 1.54) is 18.2 Å². The zero-order chi connectivity index (χ0) is 13.5. The van der Waals surface area contributed by atoms with Gasteiger partial charge in [-0.15, -0.1) is 0 Å². The summed E-state index contributed by atoms with van der Waals surface area (Å²) in [6.45, 7) is 2.46. The Hall–Kier alpha value is -1.75. The molecule has 1 aromatic rings. The van der Waals surface area contributed by atoms with E-state index in [1.54, 1.807) is 0 Å². The minimum atomic E-state index is -0.305. The lowest BCUT2D eigenvalue weighted by Gasteiger charge is -2.16. The molecule has 0 saturated heterocycles. The van der Waals surface area contributed by atoms with Gasteiger partial charge < -0.3 is 21.3 Å². The number of rotatable bonds is 6. The Balaban J connectivity index is 2.65. The van der Waals surface area contributed by atoms with Crippen LogP contribution in [0.1, 0.15) is 36.5 Å². The summed E-state index contributed by atoms with van der Waals surface area (Å²) < 4.78 is 0. The summed E-state index contributed by atoms with van der Waals surface area (Å²) in [6.07, 6.45) is 2.89. The summed E-state index contributed by atoms with van der Waals surface area (Å²) in [5.74, 6) is -0.842. The van der Waals surface area contributed by atoms with Crippen molar-refractivity contribution in [1.82, 2.24) is 5.32 Å². The highest BCUT2D eigenvalue weighted by Gasteiger charge is 2.13. The highest BCUT2D eigenvalue weighted by atomic mass is 16.3. The molecular formula is C13H20N2O3. The third kappa shape index (κ3) is 3.92. The smallest absolute Gasteiger partial charge is 0.251 e. The minimum absolute atomic E-state index is 0.0617. The molecule has 0 aliphatic heterocycles. The topological polar surface area (TPSA) is 95.6 Å². The van der Waals surface area contributed by atoms with E-state index in [2.05, 4.69) is 12.2 Å². The normalized spacial score (nSPS) is 12.1. The van der Waals surface area contributed by atoms with E-state index in [9.17, 15) is 9.90 Å². The molecule has 0 bridgehead atoms. The molecule has 5 N–H and O–H groups in total. The summed E-state index contributed by atoms with van der Waals surface area (Å²) in [5, 5.41) is 21.3. The molecular weight excluding hydrogens is 232 g/mol. The number of hydrogen-bond donors (Lipinski definition) is 4. The lowest BCUT2D eigenvalue weighted by molar-refractivity contribution is 0.0935. The van der Waals surface area contributed by atoms with Gasteiger partial charge in [-0.3, -0.25) is 4.79 Å². The van der Waals surface area contributed by atoms with Crippen LogP contribution in [0.3, 0.4) is 0 Å². The van der Waals surface area contributed by atoms with E-state index in [4.69, 9.17) is 10.8 Å². The maximum absolute atomic E-state index is 11.9. The summed E-state index contributed by atoms with van der Waals surface area (Å²) in [7, 11) is 0. The lowest BCUT2D eigenvalue weighted by atomic mass is 10.1. The number of phenols is 2. The second kappa shape index (κ2) is 6.86. The first-order chi connectivity index (χ1) is 8.58. The van der Waals surface area contributed by atoms with Crippen LogP contribution in [0.2, 0.25) is 0 Å². The molecule has 1 unspecified atom stereocenters. The Morgan fingerprint density at radius 1 is 1.39 bits per heavy atom. The predicted octanol–water partition coefficient (Wildman–Crippen LogP) is 1.35. The Bertz CT molecular complexity index is 407. The van der Waals surface area contributed by atoms with Gasteiger partial charge in [-0.25, -0.2) is 0 Å². The zero-order valence-corrected chi connectivity index (χ0v) is 10.5. The summed E-state index contributed by atoms with van der Waals surface area (Å²) in [5.41, 5.74) is 5.90. The van der Waals surface area contributed by atoms with Crippen molar-refractivity contribution in [3.63, 3.8) is 0 Å². The SMILES string of the molecule is CCCCC(CN)NC(=O)c1ccc(O)c(O)c1. The maximum Gasteiger partial charge on any atom is 0.251 e. The lowest BCUT2D eigenvalue weighted by Crippen LogP contribution is -2.40. The second-order valence-electron chi connectivity index (χ2n) is 4.25. The molecule has 1 atom stereocenters. The van der Waals surface area contributed by atoms with Crippen LogP contribution in [0.5, 0.6) is 11.5 Å². The number of nitrogens with one attached hydrogen (secondary N) is 1. The standard InChI is InChI=1S/C13H20N2O3/c1-2-3-4-10(8-14)15-13(18)9-5-6-11(16)12(17)7-9/h5-7,10,16-17H,2-4,8,14H2,1H3,(H,15,18). The van der Waals surface area contributed by atoms with Gasteiger partial charge >= 0.3 is 0 Å². The molecule has 1 amide bonds. The first-order valence-electron chi connectivity index (χ1n) is 6.11. The fourth-order valence-electron chi connectivity index (χ4n) is 1.63. The first kappa shape index (κ1) is 14.3. The fourth-order valence-corrected chi connectivity index (χ4v) is 1.63. The minimum Gasteiger partial charge on any atom is -0.504 e. The van der Waals surface area contributed by atoms with E-state index < -0.39 is 0 Å². The Morgan fingerprint density at radius 3 is 2.67 bits per heavy atom.